The monoisotopic (exact) mass is 469 g/mol. The molecule has 2 N–H and O–H groups in total. The molecule has 0 unspecified atom stereocenters. The number of nitrogens with one attached hydrogen (secondary N) is 2. The molecule has 2 heterocycles. The van der Waals surface area contributed by atoms with Crippen LogP contribution in [-0.2, 0) is 4.79 Å². The van der Waals surface area contributed by atoms with Crippen molar-refractivity contribution in [3.05, 3.63) is 76.6 Å². The Morgan fingerprint density at radius 1 is 0.971 bits per heavy atom. The molecule has 5 nitrogen and oxygen atoms in total. The summed E-state index contributed by atoms with van der Waals surface area (Å²) in [6.45, 7) is 11.4. The smallest absolute Gasteiger partial charge is 0.256 e. The molecule has 0 bridgehead atoms. The number of Topliss-reactive ketones (excluding diaryl/α,β-unsaturated/α-hetero) is 1. The SMILES string of the molecule is CCN(CC)CCCCC(=O)c1c(C)[nH]c(/C=C2\C(=O)Nc3cc(-c4ccccc4)ccc32)c1C. The summed E-state index contributed by atoms with van der Waals surface area (Å²) in [5.74, 6) is 0.0466. The summed E-state index contributed by atoms with van der Waals surface area (Å²) in [7, 11) is 0. The van der Waals surface area contributed by atoms with E-state index in [0.29, 0.717) is 12.0 Å². The summed E-state index contributed by atoms with van der Waals surface area (Å²) in [5.41, 5.74) is 7.83. The molecule has 0 fully saturated rings. The minimum atomic E-state index is -0.124. The van der Waals surface area contributed by atoms with E-state index >= 15 is 0 Å². The average molecular weight is 470 g/mol. The Balaban J connectivity index is 1.52. The number of amides is 1. The van der Waals surface area contributed by atoms with Crippen molar-refractivity contribution in [3.8, 4) is 11.1 Å². The molecule has 0 spiro atoms. The lowest BCUT2D eigenvalue weighted by Crippen LogP contribution is -2.24. The minimum Gasteiger partial charge on any atom is -0.358 e. The lowest BCUT2D eigenvalue weighted by atomic mass is 9.98. The fourth-order valence-electron chi connectivity index (χ4n) is 4.91. The maximum atomic E-state index is 13.0. The van der Waals surface area contributed by atoms with Crippen molar-refractivity contribution in [3.63, 3.8) is 0 Å². The molecule has 3 aromatic rings. The molecule has 0 aliphatic carbocycles. The number of hydrogen-bond acceptors (Lipinski definition) is 3. The Labute approximate surface area is 208 Å². The van der Waals surface area contributed by atoms with Crippen molar-refractivity contribution in [2.75, 3.05) is 25.0 Å². The van der Waals surface area contributed by atoms with Crippen molar-refractivity contribution in [1.29, 1.82) is 0 Å². The van der Waals surface area contributed by atoms with Gasteiger partial charge in [-0.25, -0.2) is 0 Å². The first kappa shape index (κ1) is 24.7. The van der Waals surface area contributed by atoms with Crippen molar-refractivity contribution < 1.29 is 9.59 Å². The number of rotatable bonds is 10. The van der Waals surface area contributed by atoms with Crippen LogP contribution in [0, 0.1) is 13.8 Å². The van der Waals surface area contributed by atoms with Crippen LogP contribution in [0.15, 0.2) is 48.5 Å². The van der Waals surface area contributed by atoms with Crippen LogP contribution in [0.3, 0.4) is 0 Å². The molecule has 0 radical (unpaired) electrons. The summed E-state index contributed by atoms with van der Waals surface area (Å²) in [5, 5.41) is 3.00. The van der Waals surface area contributed by atoms with Gasteiger partial charge in [0.05, 0.1) is 5.57 Å². The third-order valence-corrected chi connectivity index (χ3v) is 6.98. The number of hydrogen-bond donors (Lipinski definition) is 2. The van der Waals surface area contributed by atoms with Crippen LogP contribution in [0.25, 0.3) is 22.8 Å². The molecule has 1 amide bonds. The van der Waals surface area contributed by atoms with Gasteiger partial charge in [-0.2, -0.15) is 0 Å². The van der Waals surface area contributed by atoms with E-state index in [1.165, 1.54) is 0 Å². The number of nitrogens with zero attached hydrogens (tertiary/aromatic N) is 1. The van der Waals surface area contributed by atoms with Crippen molar-refractivity contribution in [2.24, 2.45) is 0 Å². The summed E-state index contributed by atoms with van der Waals surface area (Å²) >= 11 is 0. The van der Waals surface area contributed by atoms with Gasteiger partial charge in [-0.3, -0.25) is 9.59 Å². The van der Waals surface area contributed by atoms with Gasteiger partial charge in [-0.1, -0.05) is 56.3 Å². The van der Waals surface area contributed by atoms with Crippen LogP contribution < -0.4 is 5.32 Å². The zero-order valence-corrected chi connectivity index (χ0v) is 21.2. The van der Waals surface area contributed by atoms with E-state index in [-0.39, 0.29) is 11.7 Å². The number of carbonyl (C=O) groups is 2. The molecule has 4 rings (SSSR count). The molecule has 1 aliphatic heterocycles. The van der Waals surface area contributed by atoms with E-state index in [4.69, 9.17) is 0 Å². The molecule has 2 aromatic carbocycles. The van der Waals surface area contributed by atoms with Gasteiger partial charge in [0.1, 0.15) is 0 Å². The van der Waals surface area contributed by atoms with Crippen molar-refractivity contribution >= 4 is 29.0 Å². The van der Waals surface area contributed by atoms with Gasteiger partial charge >= 0.3 is 0 Å². The molecule has 5 heteroatoms. The highest BCUT2D eigenvalue weighted by molar-refractivity contribution is 6.35. The van der Waals surface area contributed by atoms with E-state index in [0.717, 1.165) is 77.4 Å². The second-order valence-electron chi connectivity index (χ2n) is 9.21. The summed E-state index contributed by atoms with van der Waals surface area (Å²) in [6, 6.07) is 16.2. The fraction of sp³-hybridized carbons (Fsp3) is 0.333. The van der Waals surface area contributed by atoms with Gasteiger partial charge in [0.25, 0.3) is 5.91 Å². The largest absolute Gasteiger partial charge is 0.358 e. The molecule has 1 aliphatic rings. The average Bonchev–Trinajstić information content (AvgIpc) is 3.33. The fourth-order valence-corrected chi connectivity index (χ4v) is 4.91. The standard InChI is InChI=1S/C30H35N3O2/c1-5-33(6-2)17-11-10-14-28(34)29-20(3)26(31-21(29)4)19-25-24-16-15-23(18-27(24)32-30(25)35)22-12-8-7-9-13-22/h7-9,12-13,15-16,18-19,31H,5-6,10-11,14,17H2,1-4H3,(H,32,35)/b25-19-. The Morgan fingerprint density at radius 2 is 1.71 bits per heavy atom. The molecule has 182 valence electrons. The van der Waals surface area contributed by atoms with Crippen LogP contribution >= 0.6 is 0 Å². The van der Waals surface area contributed by atoms with Gasteiger partial charge in [-0.15, -0.1) is 0 Å². The number of anilines is 1. The molecule has 35 heavy (non-hydrogen) atoms. The first-order chi connectivity index (χ1) is 16.9. The second-order valence-corrected chi connectivity index (χ2v) is 9.21. The number of aromatic nitrogens is 1. The zero-order chi connectivity index (χ0) is 24.9. The van der Waals surface area contributed by atoms with Crippen LogP contribution in [0.2, 0.25) is 0 Å². The Hall–Kier alpha value is -3.44. The van der Waals surface area contributed by atoms with Crippen molar-refractivity contribution in [1.82, 2.24) is 9.88 Å². The number of benzene rings is 2. The van der Waals surface area contributed by atoms with Gasteiger partial charge in [0.2, 0.25) is 0 Å². The Bertz CT molecular complexity index is 1250. The topological polar surface area (TPSA) is 65.2 Å². The number of aryl methyl sites for hydroxylation is 1. The maximum Gasteiger partial charge on any atom is 0.256 e. The molecule has 0 saturated carbocycles. The van der Waals surface area contributed by atoms with Gasteiger partial charge in [0.15, 0.2) is 5.78 Å². The van der Waals surface area contributed by atoms with E-state index in [9.17, 15) is 9.59 Å². The number of ketones is 1. The quantitative estimate of drug-likeness (QED) is 0.203. The lowest BCUT2D eigenvalue weighted by molar-refractivity contribution is -0.110. The van der Waals surface area contributed by atoms with Crippen LogP contribution in [0.4, 0.5) is 5.69 Å². The number of unbranched alkanes of at least 4 members (excludes halogenated alkanes) is 1. The highest BCUT2D eigenvalue weighted by Crippen LogP contribution is 2.37. The Kier molecular flexibility index (Phi) is 7.67. The van der Waals surface area contributed by atoms with E-state index in [1.54, 1.807) is 0 Å². The Morgan fingerprint density at radius 3 is 2.43 bits per heavy atom. The van der Waals surface area contributed by atoms with Gasteiger partial charge in [-0.05, 0) is 75.2 Å². The summed E-state index contributed by atoms with van der Waals surface area (Å²) in [4.78, 5) is 31.6. The molecule has 0 saturated heterocycles. The third kappa shape index (κ3) is 5.30. The second kappa shape index (κ2) is 10.9. The molecule has 0 atom stereocenters. The summed E-state index contributed by atoms with van der Waals surface area (Å²) in [6.07, 6.45) is 4.33. The van der Waals surface area contributed by atoms with Crippen LogP contribution in [0.1, 0.15) is 66.0 Å². The van der Waals surface area contributed by atoms with Crippen molar-refractivity contribution in [2.45, 2.75) is 47.0 Å². The van der Waals surface area contributed by atoms with Gasteiger partial charge in [0, 0.05) is 34.6 Å². The highest BCUT2D eigenvalue weighted by Gasteiger charge is 2.26. The number of fused-ring (bicyclic) bond motifs is 1. The van der Waals surface area contributed by atoms with Crippen LogP contribution in [-0.4, -0.2) is 41.2 Å². The number of carbonyl (C=O) groups excluding carboxylic acids is 2. The zero-order valence-electron chi connectivity index (χ0n) is 21.2. The number of aromatic amines is 1. The first-order valence-electron chi connectivity index (χ1n) is 12.6. The van der Waals surface area contributed by atoms with E-state index < -0.39 is 0 Å². The first-order valence-corrected chi connectivity index (χ1v) is 12.6. The van der Waals surface area contributed by atoms with E-state index in [1.807, 2.05) is 56.3 Å². The van der Waals surface area contributed by atoms with E-state index in [2.05, 4.69) is 41.2 Å². The predicted octanol–water partition coefficient (Wildman–Crippen LogP) is 6.49. The predicted molar refractivity (Wildman–Crippen MR) is 145 cm³/mol. The number of H-pyrrole nitrogens is 1. The molecule has 1 aromatic heterocycles. The lowest BCUT2D eigenvalue weighted by Gasteiger charge is -2.17. The normalized spacial score (nSPS) is 14.0. The maximum absolute atomic E-state index is 13.0. The van der Waals surface area contributed by atoms with Crippen LogP contribution in [0.5, 0.6) is 0 Å². The molecular formula is C30H35N3O2. The third-order valence-electron chi connectivity index (χ3n) is 6.98. The minimum absolute atomic E-state index is 0.124. The summed E-state index contributed by atoms with van der Waals surface area (Å²) < 4.78 is 0. The van der Waals surface area contributed by atoms with Gasteiger partial charge < -0.3 is 15.2 Å². The molecular weight excluding hydrogens is 434 g/mol. The highest BCUT2D eigenvalue weighted by atomic mass is 16.2.